The summed E-state index contributed by atoms with van der Waals surface area (Å²) in [7, 11) is 0. The number of hydrogen-bond donors (Lipinski definition) is 1. The van der Waals surface area contributed by atoms with E-state index in [2.05, 4.69) is 62.3 Å². The van der Waals surface area contributed by atoms with E-state index in [0.29, 0.717) is 0 Å². The minimum Gasteiger partial charge on any atom is -0.344 e. The summed E-state index contributed by atoms with van der Waals surface area (Å²) in [6, 6.07) is 0. The van der Waals surface area contributed by atoms with Crippen LogP contribution in [0.4, 0.5) is 0 Å². The summed E-state index contributed by atoms with van der Waals surface area (Å²) in [5.74, 6) is 2.63. The Hall–Kier alpha value is 0.622. The van der Waals surface area contributed by atoms with Gasteiger partial charge in [0.05, 0.1) is 0 Å². The van der Waals surface area contributed by atoms with E-state index < -0.39 is 0 Å². The third-order valence-electron chi connectivity index (χ3n) is 3.84. The van der Waals surface area contributed by atoms with Crippen molar-refractivity contribution in [3.05, 3.63) is 20.8 Å². The molecule has 0 aliphatic carbocycles. The van der Waals surface area contributed by atoms with Crippen LogP contribution < -0.4 is 6.15 Å². The zero-order chi connectivity index (χ0) is 19.2. The Bertz CT molecular complexity index is 157. The summed E-state index contributed by atoms with van der Waals surface area (Å²) in [5, 5.41) is 0. The molecule has 0 rings (SSSR count). The molecular formula is C24H54NPd-3. The van der Waals surface area contributed by atoms with Gasteiger partial charge < -0.3 is 26.9 Å². The molecule has 0 atom stereocenters. The molecule has 0 aromatic rings. The van der Waals surface area contributed by atoms with Gasteiger partial charge in [-0.1, -0.05) is 99.3 Å². The summed E-state index contributed by atoms with van der Waals surface area (Å²) in [6.07, 6.45) is 15.4. The summed E-state index contributed by atoms with van der Waals surface area (Å²) >= 11 is 0. The summed E-state index contributed by atoms with van der Waals surface area (Å²) < 4.78 is 0. The summed E-state index contributed by atoms with van der Waals surface area (Å²) in [4.78, 5) is 0. The minimum atomic E-state index is 0. The molecule has 0 radical (unpaired) electrons. The fraction of sp³-hybridized carbons (Fsp3) is 0.875. The molecule has 3 N–H and O–H groups in total. The average Bonchev–Trinajstić information content (AvgIpc) is 2.48. The number of hydrogen-bond acceptors (Lipinski definition) is 1. The van der Waals surface area contributed by atoms with Gasteiger partial charge in [-0.15, -0.1) is 0 Å². The Balaban J connectivity index is -0.0000000817. The molecule has 2 heteroatoms. The van der Waals surface area contributed by atoms with E-state index >= 15 is 0 Å². The molecule has 0 fully saturated rings. The van der Waals surface area contributed by atoms with Crippen molar-refractivity contribution in [2.75, 3.05) is 0 Å². The summed E-state index contributed by atoms with van der Waals surface area (Å²) in [5.41, 5.74) is 0. The predicted octanol–water partition coefficient (Wildman–Crippen LogP) is 9.27. The molecule has 0 saturated carbocycles. The van der Waals surface area contributed by atoms with Crippen LogP contribution in [0.25, 0.3) is 0 Å². The Kier molecular flexibility index (Phi) is 47.8. The van der Waals surface area contributed by atoms with Crippen LogP contribution in [0.5, 0.6) is 0 Å². The van der Waals surface area contributed by atoms with Crippen molar-refractivity contribution in [3.63, 3.8) is 0 Å². The normalized spacial score (nSPS) is 9.69. The second kappa shape index (κ2) is 33.2. The first kappa shape index (κ1) is 37.4. The van der Waals surface area contributed by atoms with Crippen molar-refractivity contribution < 1.29 is 20.4 Å². The van der Waals surface area contributed by atoms with Crippen molar-refractivity contribution in [2.45, 2.75) is 119 Å². The smallest absolute Gasteiger partial charge is 0 e. The molecule has 0 heterocycles. The molecule has 0 saturated heterocycles. The SMILES string of the molecule is N.[CH2-]CCCCC(C)C.[CH2-]CCCCC(C)C.[CH2-]CCCCC(C)C.[Pd]. The van der Waals surface area contributed by atoms with Crippen molar-refractivity contribution in [1.82, 2.24) is 6.15 Å². The predicted molar refractivity (Wildman–Crippen MR) is 121 cm³/mol. The molecule has 26 heavy (non-hydrogen) atoms. The summed E-state index contributed by atoms with van der Waals surface area (Å²) in [6.45, 7) is 24.9. The Morgan fingerprint density at radius 1 is 0.462 bits per heavy atom. The van der Waals surface area contributed by atoms with E-state index in [1.165, 1.54) is 57.8 Å². The molecule has 0 aromatic carbocycles. The first-order valence-electron chi connectivity index (χ1n) is 10.7. The third-order valence-corrected chi connectivity index (χ3v) is 3.84. The first-order valence-corrected chi connectivity index (χ1v) is 10.7. The maximum Gasteiger partial charge on any atom is 0 e. The van der Waals surface area contributed by atoms with Gasteiger partial charge in [0.15, 0.2) is 0 Å². The van der Waals surface area contributed by atoms with Gasteiger partial charge in [0.25, 0.3) is 0 Å². The van der Waals surface area contributed by atoms with E-state index in [1.807, 2.05) is 0 Å². The molecule has 0 bridgehead atoms. The third kappa shape index (κ3) is 56.3. The van der Waals surface area contributed by atoms with Crippen LogP contribution in [0.1, 0.15) is 119 Å². The van der Waals surface area contributed by atoms with Crippen LogP contribution >= 0.6 is 0 Å². The fourth-order valence-corrected chi connectivity index (χ4v) is 2.19. The van der Waals surface area contributed by atoms with Crippen LogP contribution in [0, 0.1) is 38.5 Å². The Morgan fingerprint density at radius 3 is 0.769 bits per heavy atom. The van der Waals surface area contributed by atoms with Gasteiger partial charge in [-0.2, -0.15) is 19.3 Å². The maximum absolute atomic E-state index is 3.78. The van der Waals surface area contributed by atoms with E-state index in [1.54, 1.807) is 0 Å². The van der Waals surface area contributed by atoms with Crippen LogP contribution in [-0.4, -0.2) is 0 Å². The maximum atomic E-state index is 3.78. The van der Waals surface area contributed by atoms with Gasteiger partial charge in [-0.25, -0.2) is 0 Å². The number of rotatable bonds is 12. The second-order valence-electron chi connectivity index (χ2n) is 8.23. The molecule has 0 aliphatic rings. The molecule has 0 aliphatic heterocycles. The molecule has 0 amide bonds. The molecule has 0 unspecified atom stereocenters. The zero-order valence-electron chi connectivity index (χ0n) is 19.4. The van der Waals surface area contributed by atoms with Crippen LogP contribution in [0.3, 0.4) is 0 Å². The van der Waals surface area contributed by atoms with Crippen molar-refractivity contribution in [1.29, 1.82) is 0 Å². The largest absolute Gasteiger partial charge is 0.344 e. The Labute approximate surface area is 183 Å². The first-order chi connectivity index (χ1) is 11.3. The van der Waals surface area contributed by atoms with Crippen LogP contribution in [0.15, 0.2) is 0 Å². The average molecular weight is 463 g/mol. The van der Waals surface area contributed by atoms with Gasteiger partial charge in [0, 0.05) is 20.4 Å². The monoisotopic (exact) mass is 462 g/mol. The second-order valence-corrected chi connectivity index (χ2v) is 8.23. The van der Waals surface area contributed by atoms with Gasteiger partial charge in [0.2, 0.25) is 0 Å². The van der Waals surface area contributed by atoms with Crippen molar-refractivity contribution in [3.8, 4) is 0 Å². The van der Waals surface area contributed by atoms with Crippen LogP contribution in [-0.2, 0) is 20.4 Å². The van der Waals surface area contributed by atoms with Crippen LogP contribution in [0.2, 0.25) is 0 Å². The van der Waals surface area contributed by atoms with Gasteiger partial charge >= 0.3 is 0 Å². The zero-order valence-corrected chi connectivity index (χ0v) is 20.9. The van der Waals surface area contributed by atoms with Gasteiger partial charge in [-0.3, -0.25) is 0 Å². The molecule has 0 spiro atoms. The standard InChI is InChI=1S/3C8H17.H3N.Pd/c3*1-4-5-6-7-8(2)3;;/h3*8H,1,4-7H2,2-3H3;1H3;/q3*-1;;. The minimum absolute atomic E-state index is 0. The molecule has 0 aromatic heterocycles. The van der Waals surface area contributed by atoms with Gasteiger partial charge in [-0.05, 0) is 17.8 Å². The molecular weight excluding hydrogens is 409 g/mol. The Morgan fingerprint density at radius 2 is 0.654 bits per heavy atom. The van der Waals surface area contributed by atoms with E-state index in [4.69, 9.17) is 0 Å². The van der Waals surface area contributed by atoms with E-state index in [-0.39, 0.29) is 26.6 Å². The van der Waals surface area contributed by atoms with Gasteiger partial charge in [0.1, 0.15) is 0 Å². The van der Waals surface area contributed by atoms with Crippen molar-refractivity contribution >= 4 is 0 Å². The van der Waals surface area contributed by atoms with E-state index in [0.717, 1.165) is 37.0 Å². The quantitative estimate of drug-likeness (QED) is 0.175. The number of unbranched alkanes of at least 4 members (excludes halogenated alkanes) is 6. The fourth-order valence-electron chi connectivity index (χ4n) is 2.19. The van der Waals surface area contributed by atoms with Crippen molar-refractivity contribution in [2.24, 2.45) is 17.8 Å². The van der Waals surface area contributed by atoms with E-state index in [9.17, 15) is 0 Å². The molecule has 168 valence electrons. The molecule has 1 nitrogen and oxygen atoms in total. The topological polar surface area (TPSA) is 35.0 Å².